The molecule has 0 bridgehead atoms. The molecule has 1 aromatic carbocycles. The molecule has 0 aliphatic rings. The van der Waals surface area contributed by atoms with Gasteiger partial charge in [-0.05, 0) is 13.8 Å². The summed E-state index contributed by atoms with van der Waals surface area (Å²) in [5.41, 5.74) is -19.3. The number of carbonyl (C=O) groups excluding carboxylic acids is 2. The fourth-order valence-electron chi connectivity index (χ4n) is 3.09. The molecule has 0 aromatic heterocycles. The summed E-state index contributed by atoms with van der Waals surface area (Å²) in [5, 5.41) is 0. The lowest BCUT2D eigenvalue weighted by Gasteiger charge is -2.40. The molecule has 0 radical (unpaired) electrons. The molecule has 1 aromatic rings. The Bertz CT molecular complexity index is 1070. The van der Waals surface area contributed by atoms with Gasteiger partial charge >= 0.3 is 47.8 Å². The number of esters is 2. The van der Waals surface area contributed by atoms with Crippen molar-refractivity contribution >= 4 is 11.9 Å². The fourth-order valence-corrected chi connectivity index (χ4v) is 3.09. The maximum Gasteiger partial charge on any atom is 0.435 e. The van der Waals surface area contributed by atoms with Crippen LogP contribution in [0.1, 0.15) is 25.0 Å². The number of rotatable bonds is 14. The molecule has 0 saturated carbocycles. The van der Waals surface area contributed by atoms with E-state index >= 15 is 8.78 Å². The Balaban J connectivity index is 3.66. The molecular weight excluding hydrogens is 612 g/mol. The van der Waals surface area contributed by atoms with Crippen molar-refractivity contribution in [2.24, 2.45) is 0 Å². The Labute approximate surface area is 229 Å². The van der Waals surface area contributed by atoms with Crippen molar-refractivity contribution in [2.75, 3.05) is 26.4 Å². The van der Waals surface area contributed by atoms with Crippen molar-refractivity contribution in [3.63, 3.8) is 0 Å². The molecular formula is C24H22F12O6. The highest BCUT2D eigenvalue weighted by molar-refractivity contribution is 5.87. The van der Waals surface area contributed by atoms with Gasteiger partial charge in [-0.15, -0.1) is 0 Å². The van der Waals surface area contributed by atoms with Crippen molar-refractivity contribution in [3.8, 4) is 0 Å². The highest BCUT2D eigenvalue weighted by Crippen LogP contribution is 2.59. The second-order valence-electron chi connectivity index (χ2n) is 8.42. The largest absolute Gasteiger partial charge is 0.460 e. The number of ether oxygens (including phenoxy) is 4. The van der Waals surface area contributed by atoms with Gasteiger partial charge in [0.25, 0.3) is 0 Å². The normalized spacial score (nSPS) is 15.8. The van der Waals surface area contributed by atoms with Crippen LogP contribution in [-0.4, -0.2) is 62.9 Å². The number of hydrogen-bond donors (Lipinski definition) is 0. The van der Waals surface area contributed by atoms with E-state index in [4.69, 9.17) is 0 Å². The minimum atomic E-state index is -6.93. The first kappa shape index (κ1) is 36.7. The van der Waals surface area contributed by atoms with Crippen LogP contribution < -0.4 is 0 Å². The van der Waals surface area contributed by atoms with Crippen LogP contribution in [0, 0.1) is 0 Å². The summed E-state index contributed by atoms with van der Waals surface area (Å²) in [6, 6.07) is -0.412. The lowest BCUT2D eigenvalue weighted by Crippen LogP contribution is -2.59. The molecule has 42 heavy (non-hydrogen) atoms. The van der Waals surface area contributed by atoms with E-state index in [9.17, 15) is 53.5 Å². The molecule has 0 heterocycles. The SMILES string of the molecule is C=C(C)C(=O)OCCOC(F)(F)C(F)(c1ccccc1C(F)(C(F)(F)F)C(F)(F)OCCOC(=O)C(=C)C)C(F)(F)F. The molecule has 0 aliphatic carbocycles. The van der Waals surface area contributed by atoms with Gasteiger partial charge in [0.1, 0.15) is 13.2 Å². The molecule has 0 N–H and O–H groups in total. The van der Waals surface area contributed by atoms with Gasteiger partial charge in [-0.2, -0.15) is 43.9 Å². The Morgan fingerprint density at radius 3 is 1.12 bits per heavy atom. The second kappa shape index (κ2) is 12.9. The number of alkyl halides is 12. The summed E-state index contributed by atoms with van der Waals surface area (Å²) in [6.45, 7) is 2.51. The monoisotopic (exact) mass is 634 g/mol. The van der Waals surface area contributed by atoms with Crippen LogP contribution >= 0.6 is 0 Å². The number of hydrogen-bond acceptors (Lipinski definition) is 6. The molecule has 18 heteroatoms. The minimum absolute atomic E-state index is 0.233. The summed E-state index contributed by atoms with van der Waals surface area (Å²) in [5.74, 6) is -2.47. The van der Waals surface area contributed by atoms with Crippen LogP contribution in [0.3, 0.4) is 0 Å². The van der Waals surface area contributed by atoms with Crippen molar-refractivity contribution < 1.29 is 81.2 Å². The van der Waals surface area contributed by atoms with Crippen molar-refractivity contribution in [3.05, 3.63) is 59.7 Å². The average molecular weight is 634 g/mol. The fraction of sp³-hybridized carbons (Fsp3) is 0.500. The van der Waals surface area contributed by atoms with Crippen molar-refractivity contribution in [1.82, 2.24) is 0 Å². The van der Waals surface area contributed by atoms with E-state index in [0.29, 0.717) is 0 Å². The molecule has 0 amide bonds. The van der Waals surface area contributed by atoms with Crippen LogP contribution in [0.4, 0.5) is 52.7 Å². The van der Waals surface area contributed by atoms with Gasteiger partial charge in [0, 0.05) is 22.3 Å². The molecule has 6 nitrogen and oxygen atoms in total. The van der Waals surface area contributed by atoms with Gasteiger partial charge in [0.15, 0.2) is 0 Å². The van der Waals surface area contributed by atoms with E-state index in [-0.39, 0.29) is 23.3 Å². The average Bonchev–Trinajstić information content (AvgIpc) is 2.86. The quantitative estimate of drug-likeness (QED) is 0.0995. The van der Waals surface area contributed by atoms with Crippen LogP contribution in [-0.2, 0) is 39.9 Å². The summed E-state index contributed by atoms with van der Waals surface area (Å²) in [6.07, 6.45) is -26.3. The first-order chi connectivity index (χ1) is 18.9. The Hall–Kier alpha value is -3.28. The zero-order valence-electron chi connectivity index (χ0n) is 21.5. The van der Waals surface area contributed by atoms with E-state index in [1.54, 1.807) is 0 Å². The second-order valence-corrected chi connectivity index (χ2v) is 8.42. The Kier molecular flexibility index (Phi) is 11.3. The smallest absolute Gasteiger partial charge is 0.435 e. The third-order valence-electron chi connectivity index (χ3n) is 5.15. The maximum absolute atomic E-state index is 15.6. The zero-order chi connectivity index (χ0) is 32.9. The summed E-state index contributed by atoms with van der Waals surface area (Å²) in [4.78, 5) is 22.5. The van der Waals surface area contributed by atoms with Gasteiger partial charge in [-0.3, -0.25) is 0 Å². The van der Waals surface area contributed by atoms with E-state index in [2.05, 4.69) is 32.1 Å². The summed E-state index contributed by atoms with van der Waals surface area (Å²) < 4.78 is 189. The van der Waals surface area contributed by atoms with Crippen LogP contribution in [0.25, 0.3) is 0 Å². The number of carbonyl (C=O) groups is 2. The third-order valence-corrected chi connectivity index (χ3v) is 5.15. The number of halogens is 12. The van der Waals surface area contributed by atoms with E-state index < -0.39 is 97.5 Å². The molecule has 1 rings (SSSR count). The van der Waals surface area contributed by atoms with E-state index in [1.165, 1.54) is 0 Å². The lowest BCUT2D eigenvalue weighted by molar-refractivity contribution is -0.400. The highest BCUT2D eigenvalue weighted by atomic mass is 19.4. The molecule has 238 valence electrons. The molecule has 0 aliphatic heterocycles. The zero-order valence-corrected chi connectivity index (χ0v) is 21.5. The third kappa shape index (κ3) is 7.37. The molecule has 0 fully saturated rings. The number of benzene rings is 1. The first-order valence-corrected chi connectivity index (χ1v) is 11.2. The minimum Gasteiger partial charge on any atom is -0.460 e. The maximum atomic E-state index is 15.6. The van der Waals surface area contributed by atoms with Crippen LogP contribution in [0.2, 0.25) is 0 Å². The predicted molar refractivity (Wildman–Crippen MR) is 117 cm³/mol. The molecule has 0 saturated heterocycles. The molecule has 0 spiro atoms. The van der Waals surface area contributed by atoms with Crippen molar-refractivity contribution in [2.45, 2.75) is 49.8 Å². The van der Waals surface area contributed by atoms with E-state index in [0.717, 1.165) is 13.8 Å². The lowest BCUT2D eigenvalue weighted by atomic mass is 9.81. The summed E-state index contributed by atoms with van der Waals surface area (Å²) in [7, 11) is 0. The van der Waals surface area contributed by atoms with Gasteiger partial charge in [-0.1, -0.05) is 37.4 Å². The predicted octanol–water partition coefficient (Wildman–Crippen LogP) is 6.60. The standard InChI is InChI=1S/C24H22F12O6/c1-13(2)17(37)39-9-11-41-23(33,34)19(25,21(27,28)29)15-7-5-6-8-16(15)20(26,22(30,31)32)24(35,36)42-12-10-40-18(38)14(3)4/h5-8H,1,3,9-12H2,2,4H3. The van der Waals surface area contributed by atoms with Gasteiger partial charge in [0.05, 0.1) is 13.2 Å². The Morgan fingerprint density at radius 2 is 0.881 bits per heavy atom. The van der Waals surface area contributed by atoms with Crippen LogP contribution in [0.15, 0.2) is 48.6 Å². The van der Waals surface area contributed by atoms with E-state index in [1.807, 2.05) is 0 Å². The first-order valence-electron chi connectivity index (χ1n) is 11.2. The van der Waals surface area contributed by atoms with Gasteiger partial charge in [0.2, 0.25) is 0 Å². The van der Waals surface area contributed by atoms with Crippen molar-refractivity contribution in [1.29, 1.82) is 0 Å². The Morgan fingerprint density at radius 1 is 0.595 bits per heavy atom. The summed E-state index contributed by atoms with van der Waals surface area (Å²) >= 11 is 0. The van der Waals surface area contributed by atoms with Gasteiger partial charge < -0.3 is 18.9 Å². The van der Waals surface area contributed by atoms with Gasteiger partial charge in [-0.25, -0.2) is 18.4 Å². The molecule has 2 atom stereocenters. The highest BCUT2D eigenvalue weighted by Gasteiger charge is 2.79. The molecule has 2 unspecified atom stereocenters. The van der Waals surface area contributed by atoms with Crippen LogP contribution in [0.5, 0.6) is 0 Å². The topological polar surface area (TPSA) is 71.1 Å².